The zero-order valence-corrected chi connectivity index (χ0v) is 14.2. The lowest BCUT2D eigenvalue weighted by Crippen LogP contribution is -2.33. The average molecular weight is 351 g/mol. The van der Waals surface area contributed by atoms with Gasteiger partial charge in [0, 0.05) is 13.1 Å². The monoisotopic (exact) mass is 351 g/mol. The van der Waals surface area contributed by atoms with Crippen LogP contribution < -0.4 is 5.56 Å². The fourth-order valence-electron chi connectivity index (χ4n) is 2.81. The molecule has 2 aromatic rings. The Morgan fingerprint density at radius 2 is 2.04 bits per heavy atom. The Morgan fingerprint density at radius 1 is 1.29 bits per heavy atom. The van der Waals surface area contributed by atoms with Crippen LogP contribution in [0.5, 0.6) is 0 Å². The molecule has 1 aliphatic rings. The van der Waals surface area contributed by atoms with Crippen LogP contribution in [0, 0.1) is 0 Å². The molecule has 0 unspecified atom stereocenters. The minimum absolute atomic E-state index is 0.0773. The van der Waals surface area contributed by atoms with E-state index in [9.17, 15) is 9.59 Å². The topological polar surface area (TPSA) is 104 Å². The number of nitrogens with zero attached hydrogens (tertiary/aromatic N) is 4. The van der Waals surface area contributed by atoms with Crippen molar-refractivity contribution in [3.05, 3.63) is 16.6 Å². The molecule has 3 heterocycles. The van der Waals surface area contributed by atoms with Crippen molar-refractivity contribution in [2.75, 3.05) is 25.4 Å². The fourth-order valence-corrected chi connectivity index (χ4v) is 3.57. The molecule has 0 spiro atoms. The van der Waals surface area contributed by atoms with Crippen LogP contribution in [0.2, 0.25) is 0 Å². The number of nitrogens with one attached hydrogen (secondary N) is 1. The number of hydrogen-bond acceptors (Lipinski definition) is 6. The minimum atomic E-state index is -0.283. The number of rotatable bonds is 5. The molecule has 0 saturated carbocycles. The second kappa shape index (κ2) is 7.80. The molecule has 1 aliphatic heterocycles. The van der Waals surface area contributed by atoms with Crippen LogP contribution in [0.3, 0.4) is 0 Å². The van der Waals surface area contributed by atoms with Gasteiger partial charge in [0.05, 0.1) is 25.1 Å². The van der Waals surface area contributed by atoms with Crippen LogP contribution in [0.25, 0.3) is 11.0 Å². The molecule has 3 rings (SSSR count). The maximum absolute atomic E-state index is 12.3. The maximum Gasteiger partial charge on any atom is 0.262 e. The van der Waals surface area contributed by atoms with Gasteiger partial charge in [0.2, 0.25) is 5.91 Å². The molecular weight excluding hydrogens is 330 g/mol. The predicted molar refractivity (Wildman–Crippen MR) is 91.0 cm³/mol. The summed E-state index contributed by atoms with van der Waals surface area (Å²) in [5, 5.41) is 13.9. The van der Waals surface area contributed by atoms with Crippen molar-refractivity contribution in [1.29, 1.82) is 0 Å². The highest BCUT2D eigenvalue weighted by Gasteiger charge is 2.17. The number of carbonyl (C=O) groups excluding carboxylic acids is 1. The van der Waals surface area contributed by atoms with E-state index in [0.717, 1.165) is 25.9 Å². The summed E-state index contributed by atoms with van der Waals surface area (Å²) in [6.07, 6.45) is 5.90. The summed E-state index contributed by atoms with van der Waals surface area (Å²) >= 11 is 1.23. The van der Waals surface area contributed by atoms with Crippen molar-refractivity contribution in [1.82, 2.24) is 24.6 Å². The lowest BCUT2D eigenvalue weighted by Gasteiger charge is -2.19. The fraction of sp³-hybridized carbons (Fsp3) is 0.600. The van der Waals surface area contributed by atoms with Gasteiger partial charge in [-0.05, 0) is 12.8 Å². The van der Waals surface area contributed by atoms with Gasteiger partial charge >= 0.3 is 0 Å². The van der Waals surface area contributed by atoms with Crippen LogP contribution in [0.15, 0.2) is 16.1 Å². The standard InChI is InChI=1S/C15H21N5O3S/c21-8-7-20-13-11(9-16-20)14(23)18-15(17-13)24-10-12(22)19-5-3-1-2-4-6-19/h9,21H,1-8,10H2,(H,17,18,23). The van der Waals surface area contributed by atoms with Crippen molar-refractivity contribution in [3.63, 3.8) is 0 Å². The van der Waals surface area contributed by atoms with Gasteiger partial charge in [0.1, 0.15) is 5.39 Å². The van der Waals surface area contributed by atoms with Crippen LogP contribution in [0.4, 0.5) is 0 Å². The third kappa shape index (κ3) is 3.78. The number of H-pyrrole nitrogens is 1. The number of hydrogen-bond donors (Lipinski definition) is 2. The van der Waals surface area contributed by atoms with Crippen LogP contribution in [-0.4, -0.2) is 61.1 Å². The molecule has 1 saturated heterocycles. The van der Waals surface area contributed by atoms with Gasteiger partial charge in [-0.3, -0.25) is 9.59 Å². The third-order valence-electron chi connectivity index (χ3n) is 4.09. The zero-order valence-electron chi connectivity index (χ0n) is 13.4. The molecular formula is C15H21N5O3S. The smallest absolute Gasteiger partial charge is 0.262 e. The summed E-state index contributed by atoms with van der Waals surface area (Å²) in [5.74, 6) is 0.330. The number of fused-ring (bicyclic) bond motifs is 1. The van der Waals surface area contributed by atoms with Crippen molar-refractivity contribution >= 4 is 28.7 Å². The van der Waals surface area contributed by atoms with Crippen molar-refractivity contribution in [2.24, 2.45) is 0 Å². The molecule has 9 heteroatoms. The predicted octanol–water partition coefficient (Wildman–Crippen LogP) is 0.607. The molecule has 130 valence electrons. The highest BCUT2D eigenvalue weighted by molar-refractivity contribution is 7.99. The Bertz CT molecular complexity index is 764. The van der Waals surface area contributed by atoms with E-state index in [1.54, 1.807) is 0 Å². The van der Waals surface area contributed by atoms with E-state index in [2.05, 4.69) is 15.1 Å². The summed E-state index contributed by atoms with van der Waals surface area (Å²) in [7, 11) is 0. The second-order valence-electron chi connectivity index (χ2n) is 5.78. The Morgan fingerprint density at radius 3 is 2.75 bits per heavy atom. The molecule has 8 nitrogen and oxygen atoms in total. The molecule has 0 aromatic carbocycles. The highest BCUT2D eigenvalue weighted by atomic mass is 32.2. The van der Waals surface area contributed by atoms with Crippen LogP contribution in [-0.2, 0) is 11.3 Å². The summed E-state index contributed by atoms with van der Waals surface area (Å²) in [4.78, 5) is 33.4. The molecule has 1 fully saturated rings. The normalized spacial score (nSPS) is 15.6. The second-order valence-corrected chi connectivity index (χ2v) is 6.75. The molecule has 2 N–H and O–H groups in total. The summed E-state index contributed by atoms with van der Waals surface area (Å²) in [6, 6.07) is 0. The van der Waals surface area contributed by atoms with Gasteiger partial charge in [0.15, 0.2) is 10.8 Å². The summed E-state index contributed by atoms with van der Waals surface area (Å²) in [5.41, 5.74) is 0.145. The van der Waals surface area contributed by atoms with Crippen LogP contribution in [0.1, 0.15) is 25.7 Å². The van der Waals surface area contributed by atoms with Gasteiger partial charge in [-0.1, -0.05) is 24.6 Å². The summed E-state index contributed by atoms with van der Waals surface area (Å²) in [6.45, 7) is 1.81. The molecule has 1 amide bonds. The molecule has 2 aromatic heterocycles. The van der Waals surface area contributed by atoms with Gasteiger partial charge in [-0.15, -0.1) is 0 Å². The first-order valence-corrected chi connectivity index (χ1v) is 9.15. The number of likely N-dealkylation sites (tertiary alicyclic amines) is 1. The SMILES string of the molecule is O=C(CSc1nc2c(cnn2CCO)c(=O)[nH]1)N1CCCCCC1. The first kappa shape index (κ1) is 17.0. The number of amides is 1. The van der Waals surface area contributed by atoms with Gasteiger partial charge in [-0.25, -0.2) is 9.67 Å². The van der Waals surface area contributed by atoms with Crippen molar-refractivity contribution in [3.8, 4) is 0 Å². The van der Waals surface area contributed by atoms with E-state index < -0.39 is 0 Å². The summed E-state index contributed by atoms with van der Waals surface area (Å²) < 4.78 is 1.49. The van der Waals surface area contributed by atoms with Gasteiger partial charge in [-0.2, -0.15) is 5.10 Å². The average Bonchev–Trinajstić information content (AvgIpc) is 2.81. The van der Waals surface area contributed by atoms with Gasteiger partial charge in [0.25, 0.3) is 5.56 Å². The molecule has 0 aliphatic carbocycles. The number of aromatic amines is 1. The minimum Gasteiger partial charge on any atom is -0.394 e. The Balaban J connectivity index is 1.71. The van der Waals surface area contributed by atoms with Crippen molar-refractivity contribution in [2.45, 2.75) is 37.4 Å². The van der Waals surface area contributed by atoms with E-state index in [0.29, 0.717) is 16.2 Å². The first-order valence-electron chi connectivity index (χ1n) is 8.16. The van der Waals surface area contributed by atoms with Crippen molar-refractivity contribution < 1.29 is 9.90 Å². The zero-order chi connectivity index (χ0) is 16.9. The molecule has 0 bridgehead atoms. The first-order chi connectivity index (χ1) is 11.7. The number of thioether (sulfide) groups is 1. The molecule has 0 atom stereocenters. The number of aliphatic hydroxyl groups excluding tert-OH is 1. The Labute approximate surface area is 143 Å². The molecule has 24 heavy (non-hydrogen) atoms. The number of carbonyl (C=O) groups is 1. The van der Waals surface area contributed by atoms with Crippen LogP contribution >= 0.6 is 11.8 Å². The van der Waals surface area contributed by atoms with E-state index >= 15 is 0 Å². The maximum atomic E-state index is 12.3. The lowest BCUT2D eigenvalue weighted by molar-refractivity contribution is -0.128. The Hall–Kier alpha value is -1.87. The number of aromatic nitrogens is 4. The quantitative estimate of drug-likeness (QED) is 0.604. The Kier molecular flexibility index (Phi) is 5.52. The van der Waals surface area contributed by atoms with E-state index in [-0.39, 0.29) is 30.4 Å². The lowest BCUT2D eigenvalue weighted by atomic mass is 10.2. The van der Waals surface area contributed by atoms with E-state index in [1.807, 2.05) is 4.90 Å². The van der Waals surface area contributed by atoms with E-state index in [4.69, 9.17) is 5.11 Å². The van der Waals surface area contributed by atoms with Gasteiger partial charge < -0.3 is 15.0 Å². The number of aliphatic hydroxyl groups is 1. The highest BCUT2D eigenvalue weighted by Crippen LogP contribution is 2.17. The largest absolute Gasteiger partial charge is 0.394 e. The van der Waals surface area contributed by atoms with E-state index in [1.165, 1.54) is 35.5 Å². The molecule has 0 radical (unpaired) electrons. The third-order valence-corrected chi connectivity index (χ3v) is 4.95.